The fourth-order valence-corrected chi connectivity index (χ4v) is 6.91. The number of Topliss-reactive ketones (excluding diaryl/α,β-unsaturated/α-hetero) is 1. The van der Waals surface area contributed by atoms with Crippen LogP contribution in [0.15, 0.2) is 35.6 Å². The summed E-state index contributed by atoms with van der Waals surface area (Å²) in [5, 5.41) is 8.22. The van der Waals surface area contributed by atoms with Crippen molar-refractivity contribution in [2.45, 2.75) is 90.5 Å². The zero-order valence-corrected chi connectivity index (χ0v) is 22.7. The average Bonchev–Trinajstić information content (AvgIpc) is 3.18. The third-order valence-corrected chi connectivity index (χ3v) is 9.23. The predicted octanol–water partition coefficient (Wildman–Crippen LogP) is 6.83. The molecule has 0 saturated heterocycles. The molecule has 206 valence electrons. The van der Waals surface area contributed by atoms with Crippen molar-refractivity contribution in [3.8, 4) is 11.3 Å². The van der Waals surface area contributed by atoms with E-state index in [1.165, 1.54) is 0 Å². The van der Waals surface area contributed by atoms with Crippen LogP contribution in [0.1, 0.15) is 77.3 Å². The Morgan fingerprint density at radius 2 is 2.03 bits per heavy atom. The first-order chi connectivity index (χ1) is 18.8. The summed E-state index contributed by atoms with van der Waals surface area (Å²) >= 11 is 0. The van der Waals surface area contributed by atoms with E-state index >= 15 is 0 Å². The molecule has 4 heterocycles. The number of carbonyl (C=O) groups is 1. The third-order valence-electron chi connectivity index (χ3n) is 9.23. The van der Waals surface area contributed by atoms with E-state index in [9.17, 15) is 13.6 Å². The Morgan fingerprint density at radius 3 is 2.85 bits per heavy atom. The van der Waals surface area contributed by atoms with Crippen LogP contribution in [0, 0.1) is 17.3 Å². The van der Waals surface area contributed by atoms with Crippen LogP contribution < -0.4 is 5.32 Å². The second kappa shape index (κ2) is 10.4. The zero-order valence-electron chi connectivity index (χ0n) is 22.7. The van der Waals surface area contributed by atoms with Crippen LogP contribution in [0.2, 0.25) is 0 Å². The molecule has 1 N–H and O–H groups in total. The summed E-state index contributed by atoms with van der Waals surface area (Å²) in [6.45, 7) is 4.29. The first-order valence-corrected chi connectivity index (χ1v) is 14.2. The highest BCUT2D eigenvalue weighted by Gasteiger charge is 2.46. The summed E-state index contributed by atoms with van der Waals surface area (Å²) in [4.78, 5) is 26.0. The standard InChI is InChI=1S/C30H36F2N6O/c1-18-19(6-11-28(31)32)14-26-25(34-18)10-9-24(36-26)23-12-13-38-27(23)17-33-29(37-38)35-21-15-30(2,16-21)20-4-3-5-22(39)8-7-20/h9-10,12-13,17,19-21,28H,3-8,11,14-16H2,1-2H3,(H,35,37)/t19-,20?,21?,30?/m0/s1. The maximum absolute atomic E-state index is 12.8. The minimum atomic E-state index is -2.30. The van der Waals surface area contributed by atoms with Gasteiger partial charge in [0.15, 0.2) is 0 Å². The average molecular weight is 535 g/mol. The van der Waals surface area contributed by atoms with Gasteiger partial charge >= 0.3 is 0 Å². The molecule has 3 aromatic heterocycles. The molecule has 2 saturated carbocycles. The normalized spacial score (nSPS) is 27.2. The van der Waals surface area contributed by atoms with Crippen molar-refractivity contribution in [3.63, 3.8) is 0 Å². The minimum Gasteiger partial charge on any atom is -0.350 e. The van der Waals surface area contributed by atoms with Crippen LogP contribution in [-0.2, 0) is 11.2 Å². The van der Waals surface area contributed by atoms with Crippen molar-refractivity contribution in [1.29, 1.82) is 0 Å². The molecular formula is C30H36F2N6O. The van der Waals surface area contributed by atoms with Crippen LogP contribution in [0.3, 0.4) is 0 Å². The third kappa shape index (κ3) is 5.32. The van der Waals surface area contributed by atoms with Gasteiger partial charge in [-0.2, -0.15) is 0 Å². The molecule has 1 aliphatic heterocycles. The Bertz CT molecular complexity index is 1410. The molecule has 2 fully saturated rings. The lowest BCUT2D eigenvalue weighted by Crippen LogP contribution is -2.48. The molecule has 2 atom stereocenters. The van der Waals surface area contributed by atoms with E-state index in [1.54, 1.807) is 0 Å². The molecule has 9 heteroatoms. The largest absolute Gasteiger partial charge is 0.350 e. The van der Waals surface area contributed by atoms with E-state index in [0.717, 1.165) is 78.8 Å². The van der Waals surface area contributed by atoms with Gasteiger partial charge < -0.3 is 5.32 Å². The molecule has 0 amide bonds. The van der Waals surface area contributed by atoms with Crippen LogP contribution in [0.4, 0.5) is 20.4 Å². The minimum absolute atomic E-state index is 0.00425. The van der Waals surface area contributed by atoms with Crippen LogP contribution in [0.25, 0.3) is 16.8 Å². The fraction of sp³-hybridized carbons (Fsp3) is 0.567. The Balaban J connectivity index is 1.13. The molecule has 3 aromatic rings. The molecule has 0 aromatic carbocycles. The van der Waals surface area contributed by atoms with Crippen LogP contribution >= 0.6 is 0 Å². The number of pyridine rings is 1. The van der Waals surface area contributed by atoms with Crippen molar-refractivity contribution in [2.24, 2.45) is 22.2 Å². The molecule has 0 bridgehead atoms. The molecule has 2 aliphatic carbocycles. The SMILES string of the molecule is CC1=Nc2ccc(-c3ccn4nc(NC5CC(C)(C6CCCC(=O)CC6)C5)ncc34)nc2C[C@@H]1CCC(F)F. The molecule has 0 radical (unpaired) electrons. The number of hydrogen-bond acceptors (Lipinski definition) is 6. The maximum atomic E-state index is 12.8. The van der Waals surface area contributed by atoms with E-state index in [2.05, 4.69) is 22.2 Å². The van der Waals surface area contributed by atoms with Crippen molar-refractivity contribution < 1.29 is 13.6 Å². The first kappa shape index (κ1) is 26.0. The smallest absolute Gasteiger partial charge is 0.241 e. The van der Waals surface area contributed by atoms with Gasteiger partial charge in [-0.3, -0.25) is 14.8 Å². The van der Waals surface area contributed by atoms with Gasteiger partial charge in [-0.1, -0.05) is 6.92 Å². The van der Waals surface area contributed by atoms with Crippen molar-refractivity contribution >= 4 is 28.6 Å². The Labute approximate surface area is 227 Å². The number of nitrogens with zero attached hydrogens (tertiary/aromatic N) is 5. The van der Waals surface area contributed by atoms with Gasteiger partial charge in [0.1, 0.15) is 5.78 Å². The van der Waals surface area contributed by atoms with E-state index in [0.29, 0.717) is 36.5 Å². The molecule has 7 nitrogen and oxygen atoms in total. The number of halogens is 2. The number of carbonyl (C=O) groups excluding carboxylic acids is 1. The van der Waals surface area contributed by atoms with Gasteiger partial charge in [-0.25, -0.2) is 18.3 Å². The highest BCUT2D eigenvalue weighted by molar-refractivity contribution is 5.89. The number of anilines is 1. The van der Waals surface area contributed by atoms with E-state index in [1.807, 2.05) is 42.0 Å². The van der Waals surface area contributed by atoms with E-state index < -0.39 is 6.43 Å². The summed E-state index contributed by atoms with van der Waals surface area (Å²) in [6, 6.07) is 6.24. The molecule has 39 heavy (non-hydrogen) atoms. The Hall–Kier alpha value is -3.23. The quantitative estimate of drug-likeness (QED) is 0.336. The lowest BCUT2D eigenvalue weighted by molar-refractivity contribution is -0.119. The highest BCUT2D eigenvalue weighted by Crippen LogP contribution is 2.51. The van der Waals surface area contributed by atoms with E-state index in [4.69, 9.17) is 10.1 Å². The van der Waals surface area contributed by atoms with Gasteiger partial charge in [-0.05, 0) is 81.4 Å². The van der Waals surface area contributed by atoms with Crippen LogP contribution in [-0.4, -0.2) is 43.5 Å². The zero-order chi connectivity index (χ0) is 27.1. The summed E-state index contributed by atoms with van der Waals surface area (Å²) in [6.07, 6.45) is 9.20. The lowest BCUT2D eigenvalue weighted by Gasteiger charge is -2.50. The van der Waals surface area contributed by atoms with Gasteiger partial charge in [-0.15, -0.1) is 5.10 Å². The molecule has 1 unspecified atom stereocenters. The van der Waals surface area contributed by atoms with Crippen molar-refractivity contribution in [2.75, 3.05) is 5.32 Å². The molecule has 3 aliphatic rings. The maximum Gasteiger partial charge on any atom is 0.241 e. The van der Waals surface area contributed by atoms with Crippen LogP contribution in [0.5, 0.6) is 0 Å². The lowest BCUT2D eigenvalue weighted by atomic mass is 9.58. The number of nitrogens with one attached hydrogen (secondary N) is 1. The number of rotatable bonds is 7. The first-order valence-electron chi connectivity index (χ1n) is 14.2. The highest BCUT2D eigenvalue weighted by atomic mass is 19.3. The Morgan fingerprint density at radius 1 is 1.18 bits per heavy atom. The summed E-state index contributed by atoms with van der Waals surface area (Å²) in [7, 11) is 0. The van der Waals surface area contributed by atoms with Gasteiger partial charge in [0.25, 0.3) is 0 Å². The number of aliphatic imine (C=N–C) groups is 1. The monoisotopic (exact) mass is 534 g/mol. The number of aromatic nitrogens is 4. The fourth-order valence-electron chi connectivity index (χ4n) is 6.91. The summed E-state index contributed by atoms with van der Waals surface area (Å²) in [5.41, 5.74) is 5.45. The number of alkyl halides is 2. The van der Waals surface area contributed by atoms with Crippen molar-refractivity contribution in [1.82, 2.24) is 19.6 Å². The second-order valence-corrected chi connectivity index (χ2v) is 12.0. The molecule has 0 spiro atoms. The second-order valence-electron chi connectivity index (χ2n) is 12.0. The van der Waals surface area contributed by atoms with Crippen molar-refractivity contribution in [3.05, 3.63) is 36.3 Å². The molecular weight excluding hydrogens is 498 g/mol. The molecule has 6 rings (SSSR count). The topological polar surface area (TPSA) is 84.5 Å². The number of hydrogen-bond donors (Lipinski definition) is 1. The Kier molecular flexibility index (Phi) is 6.93. The van der Waals surface area contributed by atoms with E-state index in [-0.39, 0.29) is 17.8 Å². The predicted molar refractivity (Wildman–Crippen MR) is 148 cm³/mol. The van der Waals surface area contributed by atoms with Gasteiger partial charge in [0, 0.05) is 48.7 Å². The summed E-state index contributed by atoms with van der Waals surface area (Å²) in [5.74, 6) is 1.65. The van der Waals surface area contributed by atoms with Gasteiger partial charge in [0.05, 0.1) is 28.8 Å². The number of ketones is 1. The number of fused-ring (bicyclic) bond motifs is 2. The van der Waals surface area contributed by atoms with Gasteiger partial charge in [0.2, 0.25) is 12.4 Å². The summed E-state index contributed by atoms with van der Waals surface area (Å²) < 4.78 is 27.4.